The van der Waals surface area contributed by atoms with Gasteiger partial charge in [-0.15, -0.1) is 0 Å². The number of benzene rings is 2. The molecular weight excluding hydrogens is 320 g/mol. The third kappa shape index (κ3) is 3.50. The van der Waals surface area contributed by atoms with Crippen LogP contribution in [0.15, 0.2) is 57.7 Å². The van der Waals surface area contributed by atoms with Crippen LogP contribution in [-0.4, -0.2) is 18.4 Å². The summed E-state index contributed by atoms with van der Waals surface area (Å²) >= 11 is 0. The molecule has 2 aromatic carbocycles. The second-order valence-electron chi connectivity index (χ2n) is 5.80. The number of ether oxygens (including phenoxy) is 1. The Morgan fingerprint density at radius 1 is 1.00 bits per heavy atom. The van der Waals surface area contributed by atoms with E-state index in [1.807, 2.05) is 26.0 Å². The normalized spacial score (nSPS) is 10.6. The highest BCUT2D eigenvalue weighted by molar-refractivity contribution is 6.00. The van der Waals surface area contributed by atoms with Gasteiger partial charge < -0.3 is 9.15 Å². The van der Waals surface area contributed by atoms with Crippen molar-refractivity contribution in [2.45, 2.75) is 13.8 Å². The molecule has 0 fully saturated rings. The maximum absolute atomic E-state index is 12.3. The van der Waals surface area contributed by atoms with E-state index in [-0.39, 0.29) is 11.3 Å². The first-order valence-corrected chi connectivity index (χ1v) is 7.76. The van der Waals surface area contributed by atoms with E-state index >= 15 is 0 Å². The van der Waals surface area contributed by atoms with Crippen LogP contribution in [0.4, 0.5) is 0 Å². The summed E-state index contributed by atoms with van der Waals surface area (Å²) in [6.07, 6.45) is 0. The van der Waals surface area contributed by atoms with E-state index in [0.717, 1.165) is 11.1 Å². The smallest absolute Gasteiger partial charge is 0.351 e. The van der Waals surface area contributed by atoms with E-state index < -0.39 is 18.2 Å². The lowest BCUT2D eigenvalue weighted by atomic mass is 10.0. The van der Waals surface area contributed by atoms with Gasteiger partial charge in [0.05, 0.1) is 0 Å². The fraction of sp³-hybridized carbons (Fsp3) is 0.150. The minimum atomic E-state index is -0.877. The molecule has 126 valence electrons. The van der Waals surface area contributed by atoms with Gasteiger partial charge in [0.15, 0.2) is 6.61 Å². The molecule has 3 rings (SSSR count). The van der Waals surface area contributed by atoms with Crippen molar-refractivity contribution >= 4 is 22.7 Å². The van der Waals surface area contributed by atoms with Crippen LogP contribution in [0.2, 0.25) is 0 Å². The first-order chi connectivity index (χ1) is 12.0. The van der Waals surface area contributed by atoms with Gasteiger partial charge in [0.1, 0.15) is 11.1 Å². The Morgan fingerprint density at radius 2 is 1.76 bits per heavy atom. The van der Waals surface area contributed by atoms with Crippen molar-refractivity contribution in [3.63, 3.8) is 0 Å². The van der Waals surface area contributed by atoms with Crippen molar-refractivity contribution in [3.8, 4) is 0 Å². The molecule has 25 heavy (non-hydrogen) atoms. The summed E-state index contributed by atoms with van der Waals surface area (Å²) in [4.78, 5) is 36.4. The van der Waals surface area contributed by atoms with Crippen molar-refractivity contribution in [2.24, 2.45) is 0 Å². The number of fused-ring (bicyclic) bond motifs is 1. The van der Waals surface area contributed by atoms with Crippen LogP contribution in [-0.2, 0) is 4.74 Å². The third-order valence-electron chi connectivity index (χ3n) is 3.89. The highest BCUT2D eigenvalue weighted by Crippen LogP contribution is 2.14. The number of aryl methyl sites for hydroxylation is 2. The number of ketones is 1. The zero-order valence-corrected chi connectivity index (χ0v) is 13.9. The monoisotopic (exact) mass is 336 g/mol. The Morgan fingerprint density at radius 3 is 2.56 bits per heavy atom. The van der Waals surface area contributed by atoms with Crippen molar-refractivity contribution in [3.05, 3.63) is 81.2 Å². The predicted octanol–water partition coefficient (Wildman–Crippen LogP) is 3.45. The Labute approximate surface area is 143 Å². The molecule has 5 heteroatoms. The molecule has 0 unspecified atom stereocenters. The molecule has 0 saturated carbocycles. The summed E-state index contributed by atoms with van der Waals surface area (Å²) in [7, 11) is 0. The summed E-state index contributed by atoms with van der Waals surface area (Å²) < 4.78 is 10.1. The molecule has 0 bridgehead atoms. The number of carbonyl (C=O) groups is 2. The van der Waals surface area contributed by atoms with Crippen LogP contribution in [0.1, 0.15) is 31.8 Å². The molecule has 0 aliphatic heterocycles. The van der Waals surface area contributed by atoms with Crippen LogP contribution in [0.5, 0.6) is 0 Å². The average Bonchev–Trinajstić information content (AvgIpc) is 2.60. The van der Waals surface area contributed by atoms with E-state index in [4.69, 9.17) is 9.15 Å². The second kappa shape index (κ2) is 6.73. The Balaban J connectivity index is 1.79. The molecule has 0 N–H and O–H groups in total. The van der Waals surface area contributed by atoms with E-state index in [1.165, 1.54) is 6.07 Å². The van der Waals surface area contributed by atoms with Gasteiger partial charge in [-0.25, -0.2) is 9.59 Å². The standard InChI is InChI=1S/C20H16O5/c1-12-7-8-13(2)15(9-12)17(21)11-24-19(22)16-10-14-5-3-4-6-18(14)25-20(16)23/h3-10H,11H2,1-2H3. The third-order valence-corrected chi connectivity index (χ3v) is 3.89. The zero-order valence-electron chi connectivity index (χ0n) is 13.9. The van der Waals surface area contributed by atoms with E-state index in [1.54, 1.807) is 30.3 Å². The van der Waals surface area contributed by atoms with Crippen molar-refractivity contribution in [1.82, 2.24) is 0 Å². The van der Waals surface area contributed by atoms with Gasteiger partial charge in [-0.1, -0.05) is 35.9 Å². The molecule has 0 spiro atoms. The lowest BCUT2D eigenvalue weighted by Crippen LogP contribution is -2.20. The highest BCUT2D eigenvalue weighted by atomic mass is 16.5. The zero-order chi connectivity index (χ0) is 18.0. The molecule has 5 nitrogen and oxygen atoms in total. The average molecular weight is 336 g/mol. The van der Waals surface area contributed by atoms with E-state index in [9.17, 15) is 14.4 Å². The van der Waals surface area contributed by atoms with Gasteiger partial charge in [-0.05, 0) is 37.6 Å². The van der Waals surface area contributed by atoms with Crippen LogP contribution in [0, 0.1) is 13.8 Å². The molecule has 0 atom stereocenters. The van der Waals surface area contributed by atoms with Gasteiger partial charge in [-0.2, -0.15) is 0 Å². The molecule has 1 aromatic heterocycles. The number of hydrogen-bond donors (Lipinski definition) is 0. The molecule has 0 aliphatic rings. The maximum Gasteiger partial charge on any atom is 0.351 e. The molecule has 1 heterocycles. The molecule has 0 aliphatic carbocycles. The number of hydrogen-bond acceptors (Lipinski definition) is 5. The largest absolute Gasteiger partial charge is 0.453 e. The van der Waals surface area contributed by atoms with Gasteiger partial charge in [-0.3, -0.25) is 4.79 Å². The summed E-state index contributed by atoms with van der Waals surface area (Å²) in [5, 5.41) is 0.606. The molecule has 0 saturated heterocycles. The van der Waals surface area contributed by atoms with E-state index in [2.05, 4.69) is 0 Å². The van der Waals surface area contributed by atoms with Crippen molar-refractivity contribution in [1.29, 1.82) is 0 Å². The Hall–Kier alpha value is -3.21. The Bertz CT molecular complexity index is 1030. The number of esters is 1. The number of Topliss-reactive ketones (excluding diaryl/α,β-unsaturated/α-hetero) is 1. The van der Waals surface area contributed by atoms with Crippen LogP contribution in [0.25, 0.3) is 11.0 Å². The summed E-state index contributed by atoms with van der Waals surface area (Å²) in [5.74, 6) is -1.20. The van der Waals surface area contributed by atoms with Crippen LogP contribution >= 0.6 is 0 Å². The van der Waals surface area contributed by atoms with Gasteiger partial charge in [0, 0.05) is 10.9 Å². The summed E-state index contributed by atoms with van der Waals surface area (Å²) in [6, 6.07) is 13.7. The van der Waals surface area contributed by atoms with Crippen LogP contribution < -0.4 is 5.63 Å². The number of para-hydroxylation sites is 1. The molecule has 0 radical (unpaired) electrons. The summed E-state index contributed by atoms with van der Waals surface area (Å²) in [6.45, 7) is 3.25. The van der Waals surface area contributed by atoms with Gasteiger partial charge in [0.2, 0.25) is 5.78 Å². The number of carbonyl (C=O) groups excluding carboxylic acids is 2. The van der Waals surface area contributed by atoms with Crippen LogP contribution in [0.3, 0.4) is 0 Å². The van der Waals surface area contributed by atoms with Gasteiger partial charge in [0.25, 0.3) is 0 Å². The molecular formula is C20H16O5. The maximum atomic E-state index is 12.3. The quantitative estimate of drug-likeness (QED) is 0.414. The predicted molar refractivity (Wildman–Crippen MR) is 93.0 cm³/mol. The fourth-order valence-electron chi connectivity index (χ4n) is 2.53. The van der Waals surface area contributed by atoms with Gasteiger partial charge >= 0.3 is 11.6 Å². The minimum Gasteiger partial charge on any atom is -0.453 e. The Kier molecular flexibility index (Phi) is 4.48. The van der Waals surface area contributed by atoms with Crippen molar-refractivity contribution in [2.75, 3.05) is 6.61 Å². The first-order valence-electron chi connectivity index (χ1n) is 7.76. The lowest BCUT2D eigenvalue weighted by Gasteiger charge is -2.07. The highest BCUT2D eigenvalue weighted by Gasteiger charge is 2.18. The van der Waals surface area contributed by atoms with Crippen molar-refractivity contribution < 1.29 is 18.7 Å². The number of rotatable bonds is 4. The summed E-state index contributed by atoms with van der Waals surface area (Å²) in [5.41, 5.74) is 1.61. The van der Waals surface area contributed by atoms with E-state index in [0.29, 0.717) is 16.5 Å². The second-order valence-corrected chi connectivity index (χ2v) is 5.80. The molecule has 0 amide bonds. The SMILES string of the molecule is Cc1ccc(C)c(C(=O)COC(=O)c2cc3ccccc3oc2=O)c1. The lowest BCUT2D eigenvalue weighted by molar-refractivity contribution is 0.0470. The fourth-order valence-corrected chi connectivity index (χ4v) is 2.53. The topological polar surface area (TPSA) is 73.6 Å². The first kappa shape index (κ1) is 16.6. The molecule has 3 aromatic rings. The minimum absolute atomic E-state index is 0.229.